The van der Waals surface area contributed by atoms with Crippen LogP contribution in [0.25, 0.3) is 0 Å². The summed E-state index contributed by atoms with van der Waals surface area (Å²) in [5.74, 6) is -0.883. The summed E-state index contributed by atoms with van der Waals surface area (Å²) in [5.41, 5.74) is -1.55. The number of hydrogen-bond donors (Lipinski definition) is 3. The highest BCUT2D eigenvalue weighted by Gasteiger charge is 2.26. The van der Waals surface area contributed by atoms with Gasteiger partial charge in [0.2, 0.25) is 0 Å². The van der Waals surface area contributed by atoms with Crippen molar-refractivity contribution in [1.82, 2.24) is 10.2 Å². The molecular weight excluding hydrogens is 248 g/mol. The second kappa shape index (κ2) is 6.75. The maximum atomic E-state index is 12.1. The van der Waals surface area contributed by atoms with E-state index in [1.807, 2.05) is 6.92 Å². The predicted molar refractivity (Wildman–Crippen MR) is 73.0 cm³/mol. The number of nitrogens with one attached hydrogen (secondary N) is 1. The molecule has 0 aromatic rings. The first-order valence-corrected chi connectivity index (χ1v) is 6.48. The number of carboxylic acid groups (broad SMARTS) is 1. The van der Waals surface area contributed by atoms with Crippen molar-refractivity contribution in [3.8, 4) is 0 Å². The van der Waals surface area contributed by atoms with E-state index in [0.29, 0.717) is 13.0 Å². The van der Waals surface area contributed by atoms with Crippen molar-refractivity contribution in [1.29, 1.82) is 0 Å². The van der Waals surface area contributed by atoms with Crippen LogP contribution in [-0.4, -0.2) is 51.3 Å². The third kappa shape index (κ3) is 8.42. The summed E-state index contributed by atoms with van der Waals surface area (Å²) in [4.78, 5) is 24.1. The molecule has 0 saturated carbocycles. The molecule has 0 spiro atoms. The molecule has 6 nitrogen and oxygen atoms in total. The molecule has 19 heavy (non-hydrogen) atoms. The zero-order valence-corrected chi connectivity index (χ0v) is 12.5. The van der Waals surface area contributed by atoms with Crippen LogP contribution in [0.4, 0.5) is 4.79 Å². The zero-order valence-electron chi connectivity index (χ0n) is 12.5. The molecule has 0 atom stereocenters. The van der Waals surface area contributed by atoms with Gasteiger partial charge in [-0.15, -0.1) is 0 Å². The molecule has 0 aromatic carbocycles. The molecule has 0 aliphatic carbocycles. The number of amides is 2. The van der Waals surface area contributed by atoms with Gasteiger partial charge in [0.25, 0.3) is 0 Å². The second-order valence-corrected chi connectivity index (χ2v) is 6.03. The van der Waals surface area contributed by atoms with Gasteiger partial charge in [-0.05, 0) is 41.0 Å². The van der Waals surface area contributed by atoms with E-state index in [1.54, 1.807) is 27.7 Å². The highest BCUT2D eigenvalue weighted by Crippen LogP contribution is 2.13. The maximum Gasteiger partial charge on any atom is 0.317 e. The molecule has 112 valence electrons. The Kier molecular flexibility index (Phi) is 6.29. The van der Waals surface area contributed by atoms with Gasteiger partial charge in [0.1, 0.15) is 0 Å². The minimum absolute atomic E-state index is 0.00486. The standard InChI is InChI=1S/C13H26N2O4/c1-6-15(9-13(4,5)19)11(18)14-12(2,3)8-7-10(16)17/h19H,6-9H2,1-5H3,(H,14,18)(H,16,17). The quantitative estimate of drug-likeness (QED) is 0.655. The lowest BCUT2D eigenvalue weighted by molar-refractivity contribution is -0.137. The summed E-state index contributed by atoms with van der Waals surface area (Å²) >= 11 is 0. The van der Waals surface area contributed by atoms with Gasteiger partial charge in [-0.3, -0.25) is 4.79 Å². The number of rotatable bonds is 7. The number of carbonyl (C=O) groups is 2. The smallest absolute Gasteiger partial charge is 0.317 e. The Morgan fingerprint density at radius 2 is 1.74 bits per heavy atom. The van der Waals surface area contributed by atoms with E-state index in [4.69, 9.17) is 5.11 Å². The Labute approximate surface area is 114 Å². The normalized spacial score (nSPS) is 12.1. The molecule has 3 N–H and O–H groups in total. The molecule has 0 radical (unpaired) electrons. The number of aliphatic hydroxyl groups is 1. The van der Waals surface area contributed by atoms with Crippen molar-refractivity contribution < 1.29 is 19.8 Å². The van der Waals surface area contributed by atoms with Crippen LogP contribution in [0.15, 0.2) is 0 Å². The van der Waals surface area contributed by atoms with E-state index in [-0.39, 0.29) is 19.0 Å². The summed E-state index contributed by atoms with van der Waals surface area (Å²) in [6, 6.07) is -0.292. The number of nitrogens with zero attached hydrogens (tertiary/aromatic N) is 1. The monoisotopic (exact) mass is 274 g/mol. The van der Waals surface area contributed by atoms with Crippen LogP contribution in [0, 0.1) is 0 Å². The lowest BCUT2D eigenvalue weighted by Crippen LogP contribution is -2.53. The molecule has 0 heterocycles. The number of urea groups is 1. The summed E-state index contributed by atoms with van der Waals surface area (Å²) in [5, 5.41) is 21.2. The van der Waals surface area contributed by atoms with Crippen molar-refractivity contribution >= 4 is 12.0 Å². The fraction of sp³-hybridized carbons (Fsp3) is 0.846. The zero-order chi connectivity index (χ0) is 15.3. The van der Waals surface area contributed by atoms with Crippen molar-refractivity contribution in [3.63, 3.8) is 0 Å². The Balaban J connectivity index is 4.50. The average Bonchev–Trinajstić information content (AvgIpc) is 2.21. The fourth-order valence-electron chi connectivity index (χ4n) is 1.64. The minimum atomic E-state index is -0.960. The van der Waals surface area contributed by atoms with E-state index in [0.717, 1.165) is 0 Å². The molecule has 2 amide bonds. The molecule has 6 heteroatoms. The van der Waals surface area contributed by atoms with Crippen LogP contribution < -0.4 is 5.32 Å². The van der Waals surface area contributed by atoms with Crippen LogP contribution in [0.5, 0.6) is 0 Å². The topological polar surface area (TPSA) is 89.9 Å². The molecule has 0 aliphatic heterocycles. The Hall–Kier alpha value is -1.30. The summed E-state index contributed by atoms with van der Waals surface area (Å²) in [6.45, 7) is 9.37. The Bertz CT molecular complexity index is 321. The largest absolute Gasteiger partial charge is 0.481 e. The first-order valence-electron chi connectivity index (χ1n) is 6.48. The molecule has 0 unspecified atom stereocenters. The molecule has 0 bridgehead atoms. The lowest BCUT2D eigenvalue weighted by Gasteiger charge is -2.33. The third-order valence-corrected chi connectivity index (χ3v) is 2.66. The Morgan fingerprint density at radius 3 is 2.11 bits per heavy atom. The van der Waals surface area contributed by atoms with E-state index in [2.05, 4.69) is 5.32 Å². The summed E-state index contributed by atoms with van der Waals surface area (Å²) in [6.07, 6.45) is 0.360. The number of likely N-dealkylation sites (N-methyl/N-ethyl adjacent to an activating group) is 1. The van der Waals surface area contributed by atoms with Crippen LogP contribution >= 0.6 is 0 Å². The van der Waals surface area contributed by atoms with E-state index < -0.39 is 17.1 Å². The SMILES string of the molecule is CCN(CC(C)(C)O)C(=O)NC(C)(C)CCC(=O)O. The van der Waals surface area contributed by atoms with Crippen LogP contribution in [0.3, 0.4) is 0 Å². The van der Waals surface area contributed by atoms with Gasteiger partial charge in [-0.2, -0.15) is 0 Å². The molecule has 0 fully saturated rings. The number of carboxylic acids is 1. The third-order valence-electron chi connectivity index (χ3n) is 2.66. The number of hydrogen-bond acceptors (Lipinski definition) is 3. The van der Waals surface area contributed by atoms with E-state index >= 15 is 0 Å². The minimum Gasteiger partial charge on any atom is -0.481 e. The molecule has 0 aliphatic rings. The van der Waals surface area contributed by atoms with Crippen molar-refractivity contribution in [2.45, 2.75) is 58.6 Å². The van der Waals surface area contributed by atoms with Gasteiger partial charge in [-0.25, -0.2) is 4.79 Å². The van der Waals surface area contributed by atoms with Crippen molar-refractivity contribution in [2.24, 2.45) is 0 Å². The maximum absolute atomic E-state index is 12.1. The fourth-order valence-corrected chi connectivity index (χ4v) is 1.64. The first-order chi connectivity index (χ1) is 8.47. The molecule has 0 rings (SSSR count). The first kappa shape index (κ1) is 17.7. The Morgan fingerprint density at radius 1 is 1.21 bits per heavy atom. The van der Waals surface area contributed by atoms with Gasteiger partial charge in [0.05, 0.1) is 12.1 Å². The van der Waals surface area contributed by atoms with Gasteiger partial charge in [0, 0.05) is 18.5 Å². The number of aliphatic carboxylic acids is 1. The summed E-state index contributed by atoms with van der Waals surface area (Å²) < 4.78 is 0. The van der Waals surface area contributed by atoms with Crippen LogP contribution in [0.2, 0.25) is 0 Å². The van der Waals surface area contributed by atoms with Crippen LogP contribution in [0.1, 0.15) is 47.5 Å². The van der Waals surface area contributed by atoms with Crippen LogP contribution in [-0.2, 0) is 4.79 Å². The second-order valence-electron chi connectivity index (χ2n) is 6.03. The van der Waals surface area contributed by atoms with E-state index in [9.17, 15) is 14.7 Å². The summed E-state index contributed by atoms with van der Waals surface area (Å²) in [7, 11) is 0. The lowest BCUT2D eigenvalue weighted by atomic mass is 9.98. The van der Waals surface area contributed by atoms with Gasteiger partial charge in [0.15, 0.2) is 0 Å². The molecule has 0 saturated heterocycles. The molecule has 0 aromatic heterocycles. The van der Waals surface area contributed by atoms with E-state index in [1.165, 1.54) is 4.90 Å². The highest BCUT2D eigenvalue weighted by atomic mass is 16.4. The number of carbonyl (C=O) groups excluding carboxylic acids is 1. The van der Waals surface area contributed by atoms with Gasteiger partial charge in [-0.1, -0.05) is 0 Å². The predicted octanol–water partition coefficient (Wildman–Crippen LogP) is 1.43. The van der Waals surface area contributed by atoms with Crippen molar-refractivity contribution in [3.05, 3.63) is 0 Å². The van der Waals surface area contributed by atoms with Gasteiger partial charge >= 0.3 is 12.0 Å². The molecular formula is C13H26N2O4. The van der Waals surface area contributed by atoms with Crippen molar-refractivity contribution in [2.75, 3.05) is 13.1 Å². The van der Waals surface area contributed by atoms with Gasteiger partial charge < -0.3 is 20.4 Å². The highest BCUT2D eigenvalue weighted by molar-refractivity contribution is 5.75. The average molecular weight is 274 g/mol.